The summed E-state index contributed by atoms with van der Waals surface area (Å²) in [6, 6.07) is 10.1. The van der Waals surface area contributed by atoms with Gasteiger partial charge in [-0.1, -0.05) is 30.3 Å². The van der Waals surface area contributed by atoms with Gasteiger partial charge in [0.2, 0.25) is 10.0 Å². The van der Waals surface area contributed by atoms with Crippen LogP contribution in [0.4, 0.5) is 0 Å². The predicted molar refractivity (Wildman–Crippen MR) is 113 cm³/mol. The Labute approximate surface area is 172 Å². The van der Waals surface area contributed by atoms with Gasteiger partial charge in [0.1, 0.15) is 0 Å². The number of benzene rings is 1. The molecule has 8 heteroatoms. The van der Waals surface area contributed by atoms with Gasteiger partial charge in [0.25, 0.3) is 5.56 Å². The van der Waals surface area contributed by atoms with E-state index in [1.807, 2.05) is 6.07 Å². The number of sulfonamides is 1. The van der Waals surface area contributed by atoms with Crippen LogP contribution in [0.15, 0.2) is 47.7 Å². The summed E-state index contributed by atoms with van der Waals surface area (Å²) >= 11 is 0. The van der Waals surface area contributed by atoms with Crippen LogP contribution in [-0.2, 0) is 14.8 Å². The van der Waals surface area contributed by atoms with Crippen molar-refractivity contribution in [3.8, 4) is 0 Å². The maximum absolute atomic E-state index is 12.5. The van der Waals surface area contributed by atoms with E-state index in [1.54, 1.807) is 6.92 Å². The SMILES string of the molecule is Cc1cncn(C(CNS(C)(=O)=O)CO[C@H]2CC[C@@H](c3ccccc3)CC2)c1=O. The molecule has 1 fully saturated rings. The van der Waals surface area contributed by atoms with Crippen LogP contribution in [0, 0.1) is 6.92 Å². The smallest absolute Gasteiger partial charge is 0.256 e. The molecule has 0 spiro atoms. The van der Waals surface area contributed by atoms with E-state index >= 15 is 0 Å². The van der Waals surface area contributed by atoms with Crippen LogP contribution in [0.1, 0.15) is 48.8 Å². The predicted octanol–water partition coefficient (Wildman–Crippen LogP) is 2.39. The molecule has 1 unspecified atom stereocenters. The number of hydrogen-bond acceptors (Lipinski definition) is 5. The van der Waals surface area contributed by atoms with E-state index in [0.29, 0.717) is 11.5 Å². The number of hydrogen-bond donors (Lipinski definition) is 1. The molecule has 1 atom stereocenters. The standard InChI is InChI=1S/C21H29N3O4S/c1-16-12-22-15-24(21(16)25)19(13-23-29(2,26)27)14-28-20-10-8-18(9-11-20)17-6-4-3-5-7-17/h3-7,12,15,18-20,23H,8-11,13-14H2,1-2H3/t18-,19?,20+. The quantitative estimate of drug-likeness (QED) is 0.709. The van der Waals surface area contributed by atoms with Crippen molar-refractivity contribution < 1.29 is 13.2 Å². The van der Waals surface area contributed by atoms with Gasteiger partial charge in [0.05, 0.1) is 31.3 Å². The first-order valence-electron chi connectivity index (χ1n) is 9.97. The molecule has 1 saturated carbocycles. The third kappa shape index (κ3) is 6.22. The van der Waals surface area contributed by atoms with Crippen molar-refractivity contribution in [2.45, 2.75) is 50.7 Å². The lowest BCUT2D eigenvalue weighted by molar-refractivity contribution is 0.00719. The first-order valence-corrected chi connectivity index (χ1v) is 11.9. The van der Waals surface area contributed by atoms with Crippen molar-refractivity contribution in [1.29, 1.82) is 0 Å². The normalized spacial score (nSPS) is 21.0. The molecule has 7 nitrogen and oxygen atoms in total. The van der Waals surface area contributed by atoms with Gasteiger partial charge in [-0.25, -0.2) is 18.1 Å². The van der Waals surface area contributed by atoms with Gasteiger partial charge in [-0.3, -0.25) is 9.36 Å². The maximum atomic E-state index is 12.5. The summed E-state index contributed by atoms with van der Waals surface area (Å²) in [6.07, 6.45) is 8.20. The van der Waals surface area contributed by atoms with Gasteiger partial charge >= 0.3 is 0 Å². The van der Waals surface area contributed by atoms with E-state index in [9.17, 15) is 13.2 Å². The summed E-state index contributed by atoms with van der Waals surface area (Å²) in [5.41, 5.74) is 1.70. The van der Waals surface area contributed by atoms with Crippen LogP contribution >= 0.6 is 0 Å². The average Bonchev–Trinajstić information content (AvgIpc) is 2.71. The third-order valence-electron chi connectivity index (χ3n) is 5.48. The minimum atomic E-state index is -3.37. The van der Waals surface area contributed by atoms with E-state index in [2.05, 4.69) is 34.0 Å². The molecule has 1 aromatic carbocycles. The Morgan fingerprint density at radius 3 is 2.55 bits per heavy atom. The molecule has 1 aliphatic rings. The summed E-state index contributed by atoms with van der Waals surface area (Å²) in [6.45, 7) is 2.04. The average molecular weight is 420 g/mol. The Kier molecular flexibility index (Phi) is 7.21. The van der Waals surface area contributed by atoms with Crippen molar-refractivity contribution in [1.82, 2.24) is 14.3 Å². The lowest BCUT2D eigenvalue weighted by atomic mass is 9.83. The van der Waals surface area contributed by atoms with E-state index in [1.165, 1.54) is 22.7 Å². The van der Waals surface area contributed by atoms with Crippen LogP contribution in [0.2, 0.25) is 0 Å². The number of aryl methyl sites for hydroxylation is 1. The molecule has 1 heterocycles. The summed E-state index contributed by atoms with van der Waals surface area (Å²) in [5.74, 6) is 0.558. The van der Waals surface area contributed by atoms with E-state index in [0.717, 1.165) is 31.9 Å². The number of nitrogens with one attached hydrogen (secondary N) is 1. The number of aromatic nitrogens is 2. The second-order valence-corrected chi connectivity index (χ2v) is 9.61. The zero-order chi connectivity index (χ0) is 20.9. The number of nitrogens with zero attached hydrogens (tertiary/aromatic N) is 2. The molecule has 0 radical (unpaired) electrons. The fourth-order valence-corrected chi connectivity index (χ4v) is 4.30. The Bertz CT molecular complexity index is 951. The Morgan fingerprint density at radius 2 is 1.90 bits per heavy atom. The Hall–Kier alpha value is -2.03. The van der Waals surface area contributed by atoms with Gasteiger partial charge in [-0.05, 0) is 44.1 Å². The van der Waals surface area contributed by atoms with Gasteiger partial charge in [-0.15, -0.1) is 0 Å². The first kappa shape index (κ1) is 21.7. The van der Waals surface area contributed by atoms with Gasteiger partial charge < -0.3 is 4.74 Å². The van der Waals surface area contributed by atoms with Gasteiger partial charge in [-0.2, -0.15) is 0 Å². The second kappa shape index (κ2) is 9.65. The van der Waals surface area contributed by atoms with Crippen molar-refractivity contribution >= 4 is 10.0 Å². The molecule has 0 amide bonds. The molecule has 1 N–H and O–H groups in total. The monoisotopic (exact) mass is 419 g/mol. The Morgan fingerprint density at radius 1 is 1.21 bits per heavy atom. The van der Waals surface area contributed by atoms with Crippen LogP contribution in [0.5, 0.6) is 0 Å². The number of rotatable bonds is 8. The second-order valence-electron chi connectivity index (χ2n) is 7.78. The van der Waals surface area contributed by atoms with Crippen molar-refractivity contribution in [2.24, 2.45) is 0 Å². The summed E-state index contributed by atoms with van der Waals surface area (Å²) < 4.78 is 33.2. The highest BCUT2D eigenvalue weighted by atomic mass is 32.2. The lowest BCUT2D eigenvalue weighted by Gasteiger charge is -2.30. The minimum Gasteiger partial charge on any atom is -0.376 e. The zero-order valence-corrected chi connectivity index (χ0v) is 17.8. The van der Waals surface area contributed by atoms with Gasteiger partial charge in [0, 0.05) is 18.3 Å². The van der Waals surface area contributed by atoms with Crippen molar-refractivity contribution in [3.63, 3.8) is 0 Å². The maximum Gasteiger partial charge on any atom is 0.256 e. The molecule has 1 aromatic heterocycles. The molecule has 158 valence electrons. The highest BCUT2D eigenvalue weighted by Crippen LogP contribution is 2.34. The molecular weight excluding hydrogens is 390 g/mol. The Balaban J connectivity index is 1.61. The fourth-order valence-electron chi connectivity index (χ4n) is 3.81. The van der Waals surface area contributed by atoms with Crippen molar-refractivity contribution in [3.05, 3.63) is 64.3 Å². The molecule has 0 saturated heterocycles. The van der Waals surface area contributed by atoms with Crippen LogP contribution in [0.25, 0.3) is 0 Å². The number of ether oxygens (including phenoxy) is 1. The first-order chi connectivity index (χ1) is 13.8. The fraction of sp³-hybridized carbons (Fsp3) is 0.524. The molecule has 2 aromatic rings. The van der Waals surface area contributed by atoms with Gasteiger partial charge in [0.15, 0.2) is 0 Å². The molecule has 29 heavy (non-hydrogen) atoms. The highest BCUT2D eigenvalue weighted by Gasteiger charge is 2.24. The van der Waals surface area contributed by atoms with Crippen molar-refractivity contribution in [2.75, 3.05) is 19.4 Å². The molecular formula is C21H29N3O4S. The van der Waals surface area contributed by atoms with Crippen LogP contribution < -0.4 is 10.3 Å². The molecule has 1 aliphatic carbocycles. The summed E-state index contributed by atoms with van der Waals surface area (Å²) in [7, 11) is -3.37. The van der Waals surface area contributed by atoms with E-state index in [-0.39, 0.29) is 24.8 Å². The largest absolute Gasteiger partial charge is 0.376 e. The molecule has 3 rings (SSSR count). The summed E-state index contributed by atoms with van der Waals surface area (Å²) in [5, 5.41) is 0. The molecule has 0 bridgehead atoms. The van der Waals surface area contributed by atoms with Crippen LogP contribution in [0.3, 0.4) is 0 Å². The third-order valence-corrected chi connectivity index (χ3v) is 6.17. The zero-order valence-electron chi connectivity index (χ0n) is 17.0. The summed E-state index contributed by atoms with van der Waals surface area (Å²) in [4.78, 5) is 16.6. The topological polar surface area (TPSA) is 90.3 Å². The lowest BCUT2D eigenvalue weighted by Crippen LogP contribution is -2.38. The van der Waals surface area contributed by atoms with Crippen LogP contribution in [-0.4, -0.2) is 43.5 Å². The van der Waals surface area contributed by atoms with E-state index in [4.69, 9.17) is 4.74 Å². The highest BCUT2D eigenvalue weighted by molar-refractivity contribution is 7.88. The minimum absolute atomic E-state index is 0.0865. The van der Waals surface area contributed by atoms with E-state index < -0.39 is 16.1 Å². The molecule has 0 aliphatic heterocycles.